The number of carbonyl (C=O) groups is 1. The van der Waals surface area contributed by atoms with E-state index < -0.39 is 28.9 Å². The Labute approximate surface area is 204 Å². The molecule has 0 saturated carbocycles. The van der Waals surface area contributed by atoms with Gasteiger partial charge in [-0.3, -0.25) is 4.79 Å². The quantitative estimate of drug-likeness (QED) is 0.374. The second-order valence-electron chi connectivity index (χ2n) is 8.52. The molecule has 3 heterocycles. The van der Waals surface area contributed by atoms with E-state index in [4.69, 9.17) is 30.2 Å². The summed E-state index contributed by atoms with van der Waals surface area (Å²) in [5.74, 6) is -2.46. The minimum atomic E-state index is -4.63. The van der Waals surface area contributed by atoms with E-state index in [2.05, 4.69) is 0 Å². The summed E-state index contributed by atoms with van der Waals surface area (Å²) < 4.78 is 65.0. The summed E-state index contributed by atoms with van der Waals surface area (Å²) in [7, 11) is 0. The predicted octanol–water partition coefficient (Wildman–Crippen LogP) is 6.62. The molecule has 2 unspecified atom stereocenters. The van der Waals surface area contributed by atoms with Crippen LogP contribution in [0.5, 0.6) is 5.75 Å². The van der Waals surface area contributed by atoms with Crippen molar-refractivity contribution in [2.24, 2.45) is 0 Å². The lowest BCUT2D eigenvalue weighted by atomic mass is 9.74. The van der Waals surface area contributed by atoms with Gasteiger partial charge in [-0.1, -0.05) is 29.8 Å². The summed E-state index contributed by atoms with van der Waals surface area (Å²) in [6.45, 7) is 3.32. The first kappa shape index (κ1) is 23.7. The molecule has 1 aromatic heterocycles. The van der Waals surface area contributed by atoms with Gasteiger partial charge in [0.25, 0.3) is 5.79 Å². The van der Waals surface area contributed by atoms with Gasteiger partial charge >= 0.3 is 6.18 Å². The predicted molar refractivity (Wildman–Crippen MR) is 120 cm³/mol. The van der Waals surface area contributed by atoms with Crippen LogP contribution in [0, 0.1) is 6.92 Å². The Hall–Kier alpha value is -3.07. The molecule has 0 aliphatic carbocycles. The molecule has 0 N–H and O–H groups in total. The number of rotatable bonds is 4. The molecule has 3 aromatic rings. The first-order valence-electron chi connectivity index (χ1n) is 10.8. The summed E-state index contributed by atoms with van der Waals surface area (Å²) in [5.41, 5.74) is -0.977. The number of aryl methyl sites for hydroxylation is 1. The number of hydrogen-bond acceptors (Lipinski definition) is 5. The van der Waals surface area contributed by atoms with E-state index in [0.29, 0.717) is 21.7 Å². The summed E-state index contributed by atoms with van der Waals surface area (Å²) in [5, 5.41) is 0.348. The topological polar surface area (TPSA) is 57.9 Å². The summed E-state index contributed by atoms with van der Waals surface area (Å²) >= 11 is 6.30. The Balaban J connectivity index is 1.79. The molecule has 0 bridgehead atoms. The molecule has 1 spiro atoms. The first-order chi connectivity index (χ1) is 16.6. The van der Waals surface area contributed by atoms with E-state index in [1.807, 2.05) is 0 Å². The highest BCUT2D eigenvalue weighted by Gasteiger charge is 2.68. The Morgan fingerprint density at radius 1 is 1.14 bits per heavy atom. The molecule has 0 saturated heterocycles. The van der Waals surface area contributed by atoms with Gasteiger partial charge in [0.2, 0.25) is 11.4 Å². The number of benzene rings is 2. The number of halogens is 4. The molecule has 0 fully saturated rings. The number of carbonyl (C=O) groups excluding carboxylic acids is 1. The maximum absolute atomic E-state index is 14.1. The molecule has 2 aliphatic rings. The fourth-order valence-electron chi connectivity index (χ4n) is 4.57. The Morgan fingerprint density at radius 2 is 1.94 bits per heavy atom. The molecular weight excluding hydrogens is 485 g/mol. The molecule has 9 heteroatoms. The number of hydrogen-bond donors (Lipinski definition) is 0. The van der Waals surface area contributed by atoms with Gasteiger partial charge in [0.1, 0.15) is 5.75 Å². The Kier molecular flexibility index (Phi) is 5.58. The van der Waals surface area contributed by atoms with Crippen molar-refractivity contribution in [2.45, 2.75) is 38.0 Å². The average molecular weight is 505 g/mol. The van der Waals surface area contributed by atoms with Crippen LogP contribution < -0.4 is 4.74 Å². The number of ether oxygens (including phenoxy) is 3. The molecular formula is C26H20ClF3O5. The number of furan rings is 1. The van der Waals surface area contributed by atoms with Crippen LogP contribution in [0.15, 0.2) is 71.1 Å². The Bertz CT molecular complexity index is 1330. The minimum Gasteiger partial charge on any atom is -0.472 e. The third-order valence-corrected chi connectivity index (χ3v) is 6.79. The van der Waals surface area contributed by atoms with Gasteiger partial charge in [0.05, 0.1) is 36.9 Å². The van der Waals surface area contributed by atoms with Gasteiger partial charge in [-0.2, -0.15) is 13.2 Å². The SMILES string of the molecule is CC1=CCOC12C(=O)c1cc(Cl)c(C)cc1OC2(OCc1ccoc1)c1cccc(C(F)(F)F)c1. The summed E-state index contributed by atoms with van der Waals surface area (Å²) in [4.78, 5) is 14.1. The molecule has 5 rings (SSSR count). The third-order valence-electron chi connectivity index (χ3n) is 6.38. The lowest BCUT2D eigenvalue weighted by Crippen LogP contribution is -2.64. The van der Waals surface area contributed by atoms with Crippen LogP contribution in [-0.4, -0.2) is 18.0 Å². The number of fused-ring (bicyclic) bond motifs is 1. The molecule has 5 nitrogen and oxygen atoms in total. The van der Waals surface area contributed by atoms with Crippen LogP contribution in [0.1, 0.15) is 39.5 Å². The van der Waals surface area contributed by atoms with Crippen molar-refractivity contribution in [3.05, 3.63) is 99.5 Å². The van der Waals surface area contributed by atoms with Crippen LogP contribution >= 0.6 is 11.6 Å². The Morgan fingerprint density at radius 3 is 2.60 bits per heavy atom. The summed E-state index contributed by atoms with van der Waals surface area (Å²) in [6.07, 6.45) is -0.0634. The van der Waals surface area contributed by atoms with Gasteiger partial charge in [0, 0.05) is 16.1 Å². The standard InChI is InChI=1S/C26H20ClF3O5/c1-15-10-22-20(12-21(15)27)23(31)24(16(2)6-9-33-24)25(35-22,34-14-17-7-8-32-13-17)18-4-3-5-19(11-18)26(28,29)30/h3-8,10-13H,9,14H2,1-2H3. The van der Waals surface area contributed by atoms with E-state index in [-0.39, 0.29) is 30.1 Å². The van der Waals surface area contributed by atoms with E-state index in [0.717, 1.165) is 12.1 Å². The van der Waals surface area contributed by atoms with Gasteiger partial charge in [-0.15, -0.1) is 0 Å². The monoisotopic (exact) mass is 504 g/mol. The lowest BCUT2D eigenvalue weighted by molar-refractivity contribution is -0.279. The molecule has 0 radical (unpaired) electrons. The molecule has 2 atom stereocenters. The lowest BCUT2D eigenvalue weighted by Gasteiger charge is -2.50. The van der Waals surface area contributed by atoms with E-state index in [1.54, 1.807) is 32.1 Å². The second-order valence-corrected chi connectivity index (χ2v) is 8.93. The fourth-order valence-corrected chi connectivity index (χ4v) is 4.73. The maximum atomic E-state index is 14.1. The highest BCUT2D eigenvalue weighted by molar-refractivity contribution is 6.32. The highest BCUT2D eigenvalue weighted by atomic mass is 35.5. The normalized spacial score (nSPS) is 23.8. The van der Waals surface area contributed by atoms with E-state index >= 15 is 0 Å². The van der Waals surface area contributed by atoms with Gasteiger partial charge < -0.3 is 18.6 Å². The maximum Gasteiger partial charge on any atom is 0.416 e. The molecule has 35 heavy (non-hydrogen) atoms. The van der Waals surface area contributed by atoms with Crippen LogP contribution in [-0.2, 0) is 28.0 Å². The van der Waals surface area contributed by atoms with E-state index in [9.17, 15) is 18.0 Å². The molecule has 2 aromatic carbocycles. The van der Waals surface area contributed by atoms with Crippen LogP contribution in [0.25, 0.3) is 0 Å². The van der Waals surface area contributed by atoms with Crippen molar-refractivity contribution >= 4 is 17.4 Å². The van der Waals surface area contributed by atoms with Crippen molar-refractivity contribution in [3.8, 4) is 5.75 Å². The van der Waals surface area contributed by atoms with Crippen molar-refractivity contribution < 1.29 is 36.6 Å². The zero-order valence-electron chi connectivity index (χ0n) is 18.7. The van der Waals surface area contributed by atoms with Crippen molar-refractivity contribution in [1.29, 1.82) is 0 Å². The minimum absolute atomic E-state index is 0.0166. The van der Waals surface area contributed by atoms with Crippen molar-refractivity contribution in [1.82, 2.24) is 0 Å². The largest absolute Gasteiger partial charge is 0.472 e. The van der Waals surface area contributed by atoms with Crippen LogP contribution in [0.3, 0.4) is 0 Å². The smallest absolute Gasteiger partial charge is 0.416 e. The number of alkyl halides is 3. The second kappa shape index (κ2) is 8.26. The van der Waals surface area contributed by atoms with Gasteiger partial charge in [0.15, 0.2) is 0 Å². The van der Waals surface area contributed by atoms with Crippen molar-refractivity contribution in [2.75, 3.05) is 6.61 Å². The molecule has 182 valence electrons. The number of ketones is 1. The zero-order valence-corrected chi connectivity index (χ0v) is 19.5. The zero-order chi connectivity index (χ0) is 25.0. The van der Waals surface area contributed by atoms with Gasteiger partial charge in [-0.25, -0.2) is 0 Å². The average Bonchev–Trinajstić information content (AvgIpc) is 3.47. The van der Waals surface area contributed by atoms with Crippen LogP contribution in [0.2, 0.25) is 5.02 Å². The first-order valence-corrected chi connectivity index (χ1v) is 11.1. The summed E-state index contributed by atoms with van der Waals surface area (Å²) in [6, 6.07) is 9.25. The number of Topliss-reactive ketones (excluding diaryl/α,β-unsaturated/α-hetero) is 1. The fraction of sp³-hybridized carbons (Fsp3) is 0.269. The van der Waals surface area contributed by atoms with Gasteiger partial charge in [-0.05, 0) is 55.3 Å². The highest BCUT2D eigenvalue weighted by Crippen LogP contribution is 2.54. The van der Waals surface area contributed by atoms with Crippen LogP contribution in [0.4, 0.5) is 13.2 Å². The van der Waals surface area contributed by atoms with E-state index in [1.165, 1.54) is 30.7 Å². The molecule has 2 aliphatic heterocycles. The molecule has 0 amide bonds. The third kappa shape index (κ3) is 3.59. The van der Waals surface area contributed by atoms with Crippen molar-refractivity contribution in [3.63, 3.8) is 0 Å².